The Morgan fingerprint density at radius 2 is 2.20 bits per heavy atom. The molecule has 0 radical (unpaired) electrons. The zero-order valence-electron chi connectivity index (χ0n) is 9.78. The van der Waals surface area contributed by atoms with E-state index in [2.05, 4.69) is 49.5 Å². The molecule has 0 aromatic heterocycles. The Kier molecular flexibility index (Phi) is 6.64. The van der Waals surface area contributed by atoms with E-state index in [4.69, 9.17) is 0 Å². The van der Waals surface area contributed by atoms with Gasteiger partial charge in [0, 0.05) is 0 Å². The van der Waals surface area contributed by atoms with E-state index in [-0.39, 0.29) is 0 Å². The molecular formula is C15H22. The van der Waals surface area contributed by atoms with Crippen LogP contribution in [-0.2, 0) is 0 Å². The molecule has 0 heteroatoms. The van der Waals surface area contributed by atoms with Crippen LogP contribution in [0.3, 0.4) is 0 Å². The normalized spacial score (nSPS) is 16.5. The van der Waals surface area contributed by atoms with Gasteiger partial charge in [-0.2, -0.15) is 0 Å². The van der Waals surface area contributed by atoms with Gasteiger partial charge in [0.25, 0.3) is 0 Å². The minimum Gasteiger partial charge on any atom is -0.0845 e. The largest absolute Gasteiger partial charge is 0.0845 e. The van der Waals surface area contributed by atoms with Crippen molar-refractivity contribution in [2.24, 2.45) is 0 Å². The summed E-state index contributed by atoms with van der Waals surface area (Å²) in [6, 6.07) is 0. The molecule has 1 aliphatic rings. The second-order valence-corrected chi connectivity index (χ2v) is 3.99. The molecule has 0 fully saturated rings. The summed E-state index contributed by atoms with van der Waals surface area (Å²) in [5.41, 5.74) is 1.44. The standard InChI is InChI=1S/C15H22/c1-2-3-4-5-6-7-9-12-15-13-10-8-11-14-15/h6-10,12-13H,2-5,11,14H2,1H3/b7-6+,12-9+. The summed E-state index contributed by atoms with van der Waals surface area (Å²) in [5.74, 6) is 0. The van der Waals surface area contributed by atoms with Crippen LogP contribution in [0.4, 0.5) is 0 Å². The molecule has 0 unspecified atom stereocenters. The summed E-state index contributed by atoms with van der Waals surface area (Å²) in [6.07, 6.45) is 23.0. The zero-order chi connectivity index (χ0) is 10.8. The molecule has 0 atom stereocenters. The molecular weight excluding hydrogens is 180 g/mol. The zero-order valence-corrected chi connectivity index (χ0v) is 9.78. The highest BCUT2D eigenvalue weighted by Gasteiger charge is 1.92. The van der Waals surface area contributed by atoms with Gasteiger partial charge in [-0.05, 0) is 31.3 Å². The molecule has 0 bridgehead atoms. The van der Waals surface area contributed by atoms with E-state index in [1.807, 2.05) is 0 Å². The van der Waals surface area contributed by atoms with E-state index in [9.17, 15) is 0 Å². The number of rotatable bonds is 6. The first-order valence-corrected chi connectivity index (χ1v) is 6.12. The molecule has 0 nitrogen and oxygen atoms in total. The van der Waals surface area contributed by atoms with Gasteiger partial charge in [-0.1, -0.05) is 62.3 Å². The monoisotopic (exact) mass is 202 g/mol. The highest BCUT2D eigenvalue weighted by atomic mass is 14.0. The second kappa shape index (κ2) is 8.28. The van der Waals surface area contributed by atoms with Crippen LogP contribution in [0, 0.1) is 0 Å². The Balaban J connectivity index is 2.15. The molecule has 1 aliphatic carbocycles. The summed E-state index contributed by atoms with van der Waals surface area (Å²) in [6.45, 7) is 2.24. The van der Waals surface area contributed by atoms with Gasteiger partial charge in [0.1, 0.15) is 0 Å². The quantitative estimate of drug-likeness (QED) is 0.422. The molecule has 0 N–H and O–H groups in total. The number of allylic oxidation sites excluding steroid dienone is 8. The molecule has 0 aromatic rings. The van der Waals surface area contributed by atoms with Gasteiger partial charge in [-0.3, -0.25) is 0 Å². The lowest BCUT2D eigenvalue weighted by molar-refractivity contribution is 0.729. The van der Waals surface area contributed by atoms with Crippen LogP contribution in [0.1, 0.15) is 45.4 Å². The third-order valence-corrected chi connectivity index (χ3v) is 2.58. The van der Waals surface area contributed by atoms with Crippen molar-refractivity contribution in [2.75, 3.05) is 0 Å². The first-order chi connectivity index (χ1) is 7.43. The molecule has 82 valence electrons. The topological polar surface area (TPSA) is 0 Å². The lowest BCUT2D eigenvalue weighted by Crippen LogP contribution is -1.81. The Hall–Kier alpha value is -1.04. The lowest BCUT2D eigenvalue weighted by atomic mass is 10.0. The predicted molar refractivity (Wildman–Crippen MR) is 68.9 cm³/mol. The SMILES string of the molecule is CCCCC/C=C/C=C/C1=CC=CCC1. The lowest BCUT2D eigenvalue weighted by Gasteiger charge is -2.01. The van der Waals surface area contributed by atoms with Gasteiger partial charge in [-0.25, -0.2) is 0 Å². The van der Waals surface area contributed by atoms with E-state index < -0.39 is 0 Å². The Morgan fingerprint density at radius 1 is 1.27 bits per heavy atom. The van der Waals surface area contributed by atoms with Gasteiger partial charge in [0.05, 0.1) is 0 Å². The van der Waals surface area contributed by atoms with Crippen LogP contribution in [0.15, 0.2) is 48.1 Å². The molecule has 0 saturated heterocycles. The van der Waals surface area contributed by atoms with Crippen molar-refractivity contribution in [3.05, 3.63) is 48.1 Å². The third-order valence-electron chi connectivity index (χ3n) is 2.58. The van der Waals surface area contributed by atoms with Crippen molar-refractivity contribution in [1.29, 1.82) is 0 Å². The molecule has 0 heterocycles. The van der Waals surface area contributed by atoms with Gasteiger partial charge in [0.15, 0.2) is 0 Å². The van der Waals surface area contributed by atoms with E-state index >= 15 is 0 Å². The smallest absolute Gasteiger partial charge is 0.0244 e. The fraction of sp³-hybridized carbons (Fsp3) is 0.467. The maximum absolute atomic E-state index is 2.27. The predicted octanol–water partition coefficient (Wildman–Crippen LogP) is 4.96. The molecule has 0 spiro atoms. The first kappa shape index (κ1) is 12.0. The van der Waals surface area contributed by atoms with Crippen molar-refractivity contribution in [3.63, 3.8) is 0 Å². The average molecular weight is 202 g/mol. The average Bonchev–Trinajstić information content (AvgIpc) is 2.29. The van der Waals surface area contributed by atoms with Crippen LogP contribution >= 0.6 is 0 Å². The van der Waals surface area contributed by atoms with Crippen LogP contribution in [0.25, 0.3) is 0 Å². The van der Waals surface area contributed by atoms with Gasteiger partial charge >= 0.3 is 0 Å². The maximum atomic E-state index is 2.27. The molecule has 0 aliphatic heterocycles. The van der Waals surface area contributed by atoms with Crippen molar-refractivity contribution in [2.45, 2.75) is 45.4 Å². The number of hydrogen-bond acceptors (Lipinski definition) is 0. The van der Waals surface area contributed by atoms with E-state index in [1.54, 1.807) is 0 Å². The Morgan fingerprint density at radius 3 is 2.93 bits per heavy atom. The first-order valence-electron chi connectivity index (χ1n) is 6.12. The highest BCUT2D eigenvalue weighted by molar-refractivity contribution is 5.28. The molecule has 0 amide bonds. The van der Waals surface area contributed by atoms with Crippen molar-refractivity contribution < 1.29 is 0 Å². The van der Waals surface area contributed by atoms with Crippen LogP contribution < -0.4 is 0 Å². The molecule has 15 heavy (non-hydrogen) atoms. The van der Waals surface area contributed by atoms with Gasteiger partial charge < -0.3 is 0 Å². The summed E-state index contributed by atoms with van der Waals surface area (Å²) in [7, 11) is 0. The number of unbranched alkanes of at least 4 members (excludes halogenated alkanes) is 3. The van der Waals surface area contributed by atoms with E-state index in [0.717, 1.165) is 0 Å². The third kappa shape index (κ3) is 6.11. The molecule has 0 aromatic carbocycles. The van der Waals surface area contributed by atoms with Crippen molar-refractivity contribution in [1.82, 2.24) is 0 Å². The van der Waals surface area contributed by atoms with Crippen LogP contribution in [0.2, 0.25) is 0 Å². The van der Waals surface area contributed by atoms with Crippen LogP contribution in [-0.4, -0.2) is 0 Å². The summed E-state index contributed by atoms with van der Waals surface area (Å²) in [5, 5.41) is 0. The van der Waals surface area contributed by atoms with E-state index in [1.165, 1.54) is 44.1 Å². The number of hydrogen-bond donors (Lipinski definition) is 0. The molecule has 1 rings (SSSR count). The van der Waals surface area contributed by atoms with Gasteiger partial charge in [0.2, 0.25) is 0 Å². The fourth-order valence-corrected chi connectivity index (χ4v) is 1.63. The minimum absolute atomic E-state index is 1.19. The van der Waals surface area contributed by atoms with Gasteiger partial charge in [-0.15, -0.1) is 0 Å². The molecule has 0 saturated carbocycles. The summed E-state index contributed by atoms with van der Waals surface area (Å²) in [4.78, 5) is 0. The van der Waals surface area contributed by atoms with E-state index in [0.29, 0.717) is 0 Å². The second-order valence-electron chi connectivity index (χ2n) is 3.99. The highest BCUT2D eigenvalue weighted by Crippen LogP contribution is 2.12. The summed E-state index contributed by atoms with van der Waals surface area (Å²) < 4.78 is 0. The Labute approximate surface area is 94.1 Å². The maximum Gasteiger partial charge on any atom is -0.0244 e. The summed E-state index contributed by atoms with van der Waals surface area (Å²) >= 11 is 0. The minimum atomic E-state index is 1.19. The Bertz CT molecular complexity index is 264. The van der Waals surface area contributed by atoms with Crippen LogP contribution in [0.5, 0.6) is 0 Å². The fourth-order valence-electron chi connectivity index (χ4n) is 1.63. The van der Waals surface area contributed by atoms with Crippen molar-refractivity contribution >= 4 is 0 Å². The van der Waals surface area contributed by atoms with Crippen molar-refractivity contribution in [3.8, 4) is 0 Å².